The number of rotatable bonds is 3. The molecule has 2 fully saturated rings. The molecule has 2 N–H and O–H groups in total. The van der Waals surface area contributed by atoms with Gasteiger partial charge in [0.25, 0.3) is 0 Å². The first-order valence-corrected chi connectivity index (χ1v) is 12.5. The second-order valence-electron chi connectivity index (χ2n) is 10.1. The van der Waals surface area contributed by atoms with Crippen molar-refractivity contribution in [3.05, 3.63) is 83.7 Å². The highest BCUT2D eigenvalue weighted by Crippen LogP contribution is 2.50. The zero-order valence-electron chi connectivity index (χ0n) is 19.2. The molecule has 5 heteroatoms. The van der Waals surface area contributed by atoms with Gasteiger partial charge < -0.3 is 15.5 Å². The number of fused-ring (bicyclic) bond motifs is 1. The van der Waals surface area contributed by atoms with Crippen LogP contribution in [0.15, 0.2) is 67.0 Å². The maximum Gasteiger partial charge on any atom is 0.147 e. The zero-order valence-corrected chi connectivity index (χ0v) is 19.2. The summed E-state index contributed by atoms with van der Waals surface area (Å²) in [5.41, 5.74) is 11.1. The van der Waals surface area contributed by atoms with E-state index >= 15 is 0 Å². The van der Waals surface area contributed by atoms with Crippen LogP contribution in [0.25, 0.3) is 0 Å². The Balaban J connectivity index is 1.15. The number of nitrogens with two attached hydrogens (primary N) is 1. The van der Waals surface area contributed by atoms with Crippen molar-refractivity contribution in [1.29, 1.82) is 0 Å². The standard InChI is InChI=1S/C28H33N5/c29-27-23-11-5-4-10-22(23)18-28(27)13-16-32(17-14-28)25-19-31-26(20-30-25)33-15-7-6-12-24(33)21-8-2-1-3-9-21/h1-5,8-11,19-20,24,27H,6-7,12-18,29H2/t24-,27-/m1/s1. The molecular formula is C28H33N5. The van der Waals surface area contributed by atoms with Crippen molar-refractivity contribution in [2.75, 3.05) is 29.4 Å². The highest BCUT2D eigenvalue weighted by Gasteiger charge is 2.45. The van der Waals surface area contributed by atoms with Gasteiger partial charge in [-0.05, 0) is 60.6 Å². The Morgan fingerprint density at radius 3 is 2.30 bits per heavy atom. The Labute approximate surface area is 196 Å². The number of aromatic nitrogens is 2. The van der Waals surface area contributed by atoms with E-state index in [0.29, 0.717) is 6.04 Å². The molecule has 2 saturated heterocycles. The SMILES string of the molecule is N[C@@H]1c2ccccc2CC12CCN(c1cnc(N3CCCC[C@@H]3c3ccccc3)cn1)CC2. The summed E-state index contributed by atoms with van der Waals surface area (Å²) in [5.74, 6) is 1.99. The monoisotopic (exact) mass is 439 g/mol. The molecule has 1 aliphatic carbocycles. The molecule has 2 aromatic carbocycles. The van der Waals surface area contributed by atoms with Gasteiger partial charge in [0, 0.05) is 25.7 Å². The Morgan fingerprint density at radius 1 is 0.818 bits per heavy atom. The summed E-state index contributed by atoms with van der Waals surface area (Å²) in [4.78, 5) is 14.6. The van der Waals surface area contributed by atoms with Crippen LogP contribution >= 0.6 is 0 Å². The van der Waals surface area contributed by atoms with Gasteiger partial charge in [-0.25, -0.2) is 9.97 Å². The second-order valence-corrected chi connectivity index (χ2v) is 10.1. The van der Waals surface area contributed by atoms with Gasteiger partial charge in [-0.1, -0.05) is 54.6 Å². The molecule has 0 amide bonds. The van der Waals surface area contributed by atoms with E-state index in [0.717, 1.165) is 50.5 Å². The molecule has 3 aromatic rings. The van der Waals surface area contributed by atoms with Crippen LogP contribution in [-0.2, 0) is 6.42 Å². The molecule has 1 aromatic heterocycles. The van der Waals surface area contributed by atoms with Crippen molar-refractivity contribution < 1.29 is 0 Å². The fraction of sp³-hybridized carbons (Fsp3) is 0.429. The maximum absolute atomic E-state index is 6.75. The Hall–Kier alpha value is -2.92. The minimum Gasteiger partial charge on any atom is -0.355 e. The Morgan fingerprint density at radius 2 is 1.55 bits per heavy atom. The normalized spacial score (nSPS) is 24.2. The predicted octanol–water partition coefficient (Wildman–Crippen LogP) is 5.05. The molecule has 0 bridgehead atoms. The van der Waals surface area contributed by atoms with Crippen LogP contribution in [0.3, 0.4) is 0 Å². The van der Waals surface area contributed by atoms with Crippen molar-refractivity contribution in [3.8, 4) is 0 Å². The summed E-state index contributed by atoms with van der Waals surface area (Å²) < 4.78 is 0. The summed E-state index contributed by atoms with van der Waals surface area (Å²) in [7, 11) is 0. The van der Waals surface area contributed by atoms with Gasteiger partial charge in [-0.2, -0.15) is 0 Å². The van der Waals surface area contributed by atoms with Crippen LogP contribution < -0.4 is 15.5 Å². The van der Waals surface area contributed by atoms with E-state index in [1.165, 1.54) is 36.0 Å². The Bertz CT molecular complexity index is 1090. The first-order chi connectivity index (χ1) is 16.2. The molecule has 2 atom stereocenters. The third-order valence-electron chi connectivity index (χ3n) is 8.28. The molecule has 1 spiro atoms. The lowest BCUT2D eigenvalue weighted by atomic mass is 9.73. The number of hydrogen-bond acceptors (Lipinski definition) is 5. The van der Waals surface area contributed by atoms with E-state index < -0.39 is 0 Å². The molecular weight excluding hydrogens is 406 g/mol. The molecule has 2 aliphatic heterocycles. The minimum absolute atomic E-state index is 0.151. The van der Waals surface area contributed by atoms with Crippen LogP contribution in [0.2, 0.25) is 0 Å². The largest absolute Gasteiger partial charge is 0.355 e. The summed E-state index contributed by atoms with van der Waals surface area (Å²) in [5, 5.41) is 0. The number of piperidine rings is 2. The fourth-order valence-corrected chi connectivity index (χ4v) is 6.34. The first-order valence-electron chi connectivity index (χ1n) is 12.5. The van der Waals surface area contributed by atoms with E-state index in [2.05, 4.69) is 64.4 Å². The molecule has 6 rings (SSSR count). The van der Waals surface area contributed by atoms with E-state index in [-0.39, 0.29) is 11.5 Å². The summed E-state index contributed by atoms with van der Waals surface area (Å²) in [6.45, 7) is 3.02. The summed E-state index contributed by atoms with van der Waals surface area (Å²) in [6.07, 6.45) is 10.9. The number of benzene rings is 2. The average Bonchev–Trinajstić information content (AvgIpc) is 3.16. The van der Waals surface area contributed by atoms with Gasteiger partial charge in [0.2, 0.25) is 0 Å². The van der Waals surface area contributed by atoms with Gasteiger partial charge in [0.1, 0.15) is 11.6 Å². The van der Waals surface area contributed by atoms with Crippen molar-refractivity contribution in [3.63, 3.8) is 0 Å². The molecule has 170 valence electrons. The van der Waals surface area contributed by atoms with Crippen molar-refractivity contribution in [1.82, 2.24) is 9.97 Å². The molecule has 0 unspecified atom stereocenters. The highest BCUT2D eigenvalue weighted by atomic mass is 15.3. The number of hydrogen-bond donors (Lipinski definition) is 1. The van der Waals surface area contributed by atoms with Gasteiger partial charge in [0.15, 0.2) is 0 Å². The van der Waals surface area contributed by atoms with Gasteiger partial charge in [0.05, 0.1) is 18.4 Å². The quantitative estimate of drug-likeness (QED) is 0.619. The minimum atomic E-state index is 0.151. The molecule has 0 radical (unpaired) electrons. The van der Waals surface area contributed by atoms with Crippen molar-refractivity contribution >= 4 is 11.6 Å². The number of nitrogens with zero attached hydrogens (tertiary/aromatic N) is 4. The van der Waals surface area contributed by atoms with E-state index in [1.807, 2.05) is 12.4 Å². The van der Waals surface area contributed by atoms with Crippen LogP contribution in [0.1, 0.15) is 60.9 Å². The smallest absolute Gasteiger partial charge is 0.147 e. The molecule has 3 heterocycles. The van der Waals surface area contributed by atoms with Gasteiger partial charge in [-0.15, -0.1) is 0 Å². The summed E-state index contributed by atoms with van der Waals surface area (Å²) >= 11 is 0. The fourth-order valence-electron chi connectivity index (χ4n) is 6.34. The molecule has 5 nitrogen and oxygen atoms in total. The van der Waals surface area contributed by atoms with E-state index in [1.54, 1.807) is 0 Å². The van der Waals surface area contributed by atoms with Crippen molar-refractivity contribution in [2.45, 2.75) is 50.6 Å². The topological polar surface area (TPSA) is 58.3 Å². The van der Waals surface area contributed by atoms with Crippen LogP contribution in [0, 0.1) is 5.41 Å². The first kappa shape index (κ1) is 20.7. The third-order valence-corrected chi connectivity index (χ3v) is 8.28. The van der Waals surface area contributed by atoms with Gasteiger partial charge >= 0.3 is 0 Å². The average molecular weight is 440 g/mol. The van der Waals surface area contributed by atoms with Crippen molar-refractivity contribution in [2.24, 2.45) is 11.1 Å². The molecule has 33 heavy (non-hydrogen) atoms. The summed E-state index contributed by atoms with van der Waals surface area (Å²) in [6, 6.07) is 20.1. The van der Waals surface area contributed by atoms with E-state index in [9.17, 15) is 0 Å². The van der Waals surface area contributed by atoms with E-state index in [4.69, 9.17) is 15.7 Å². The highest BCUT2D eigenvalue weighted by molar-refractivity contribution is 5.47. The zero-order chi connectivity index (χ0) is 22.3. The van der Waals surface area contributed by atoms with Gasteiger partial charge in [-0.3, -0.25) is 0 Å². The predicted molar refractivity (Wildman–Crippen MR) is 133 cm³/mol. The number of anilines is 2. The molecule has 0 saturated carbocycles. The lowest BCUT2D eigenvalue weighted by Gasteiger charge is -2.42. The second kappa shape index (κ2) is 8.45. The van der Waals surface area contributed by atoms with Crippen LogP contribution in [0.5, 0.6) is 0 Å². The lowest BCUT2D eigenvalue weighted by molar-refractivity contribution is 0.187. The van der Waals surface area contributed by atoms with Crippen LogP contribution in [0.4, 0.5) is 11.6 Å². The molecule has 3 aliphatic rings. The third kappa shape index (κ3) is 3.68. The maximum atomic E-state index is 6.75. The lowest BCUT2D eigenvalue weighted by Crippen LogP contribution is -2.44. The van der Waals surface area contributed by atoms with Crippen LogP contribution in [-0.4, -0.2) is 29.6 Å². The Kier molecular flexibility index (Phi) is 5.30.